The topological polar surface area (TPSA) is 62.8 Å². The van der Waals surface area contributed by atoms with E-state index in [1.165, 1.54) is 11.3 Å². The molecule has 174 valence electrons. The van der Waals surface area contributed by atoms with Crippen LogP contribution in [0.25, 0.3) is 0 Å². The van der Waals surface area contributed by atoms with Gasteiger partial charge >= 0.3 is 6.03 Å². The molecule has 1 saturated heterocycles. The quantitative estimate of drug-likeness (QED) is 0.591. The highest BCUT2D eigenvalue weighted by Crippen LogP contribution is 2.23. The minimum atomic E-state index is -0.0684. The fourth-order valence-electron chi connectivity index (χ4n) is 3.99. The third-order valence-corrected chi connectivity index (χ3v) is 5.81. The van der Waals surface area contributed by atoms with E-state index in [-0.39, 0.29) is 24.2 Å². The number of ether oxygens (including phenoxy) is 2. The first-order valence-corrected chi connectivity index (χ1v) is 11.6. The predicted octanol–water partition coefficient (Wildman–Crippen LogP) is 4.77. The Morgan fingerprint density at radius 3 is 2.22 bits per heavy atom. The number of aryl methyl sites for hydroxylation is 1. The summed E-state index contributed by atoms with van der Waals surface area (Å²) in [7, 11) is 1.68. The summed E-state index contributed by atoms with van der Waals surface area (Å²) in [6.07, 6.45) is 3.88. The first-order valence-electron chi connectivity index (χ1n) is 11.6. The van der Waals surface area contributed by atoms with Crippen LogP contribution in [0.5, 0.6) is 11.5 Å². The number of amides is 2. The van der Waals surface area contributed by atoms with Crippen LogP contribution in [0.1, 0.15) is 45.6 Å². The monoisotopic (exact) mass is 439 g/mol. The van der Waals surface area contributed by atoms with Gasteiger partial charge in [-0.2, -0.15) is 0 Å². The molecule has 0 radical (unpaired) electrons. The Hall–Kier alpha value is -2.89. The summed E-state index contributed by atoms with van der Waals surface area (Å²) >= 11 is 0. The maximum atomic E-state index is 12.4. The van der Waals surface area contributed by atoms with Crippen molar-refractivity contribution in [1.29, 1.82) is 0 Å². The van der Waals surface area contributed by atoms with Crippen LogP contribution < -0.4 is 25.0 Å². The van der Waals surface area contributed by atoms with Crippen molar-refractivity contribution in [3.05, 3.63) is 54.1 Å². The van der Waals surface area contributed by atoms with Crippen LogP contribution in [0.2, 0.25) is 0 Å². The molecule has 32 heavy (non-hydrogen) atoms. The number of urea groups is 1. The van der Waals surface area contributed by atoms with Crippen molar-refractivity contribution in [2.45, 2.75) is 64.6 Å². The lowest BCUT2D eigenvalue weighted by Gasteiger charge is -2.34. The lowest BCUT2D eigenvalue weighted by atomic mass is 10.0. The van der Waals surface area contributed by atoms with Gasteiger partial charge in [0.1, 0.15) is 11.5 Å². The number of hydrogen-bond donors (Lipinski definition) is 2. The summed E-state index contributed by atoms with van der Waals surface area (Å²) < 4.78 is 10.9. The molecular formula is C26H37N3O3. The first kappa shape index (κ1) is 23.8. The average molecular weight is 440 g/mol. The minimum absolute atomic E-state index is 0.0684. The van der Waals surface area contributed by atoms with E-state index in [9.17, 15) is 4.79 Å². The third kappa shape index (κ3) is 7.36. The molecule has 6 nitrogen and oxygen atoms in total. The molecule has 1 atom stereocenters. The normalized spacial score (nSPS) is 15.3. The standard InChI is InChI=1S/C26H37N3O3/c1-19(2)32-25-11-7-21(8-12-25)6-5-20(3)27-26(30)28-22-15-17-29(18-16-22)23-9-13-24(31-4)14-10-23/h7-14,19-20,22H,5-6,15-18H2,1-4H3,(H2,27,28,30). The van der Waals surface area contributed by atoms with Crippen molar-refractivity contribution in [2.75, 3.05) is 25.1 Å². The fourth-order valence-corrected chi connectivity index (χ4v) is 3.99. The van der Waals surface area contributed by atoms with Crippen LogP contribution in [0.15, 0.2) is 48.5 Å². The van der Waals surface area contributed by atoms with Gasteiger partial charge in [0, 0.05) is 30.9 Å². The second-order valence-corrected chi connectivity index (χ2v) is 8.83. The molecule has 0 saturated carbocycles. The lowest BCUT2D eigenvalue weighted by molar-refractivity contribution is 0.230. The molecule has 2 N–H and O–H groups in total. The Labute approximate surface area is 192 Å². The van der Waals surface area contributed by atoms with Crippen molar-refractivity contribution in [3.8, 4) is 11.5 Å². The van der Waals surface area contributed by atoms with Gasteiger partial charge in [-0.25, -0.2) is 4.79 Å². The number of nitrogens with one attached hydrogen (secondary N) is 2. The zero-order chi connectivity index (χ0) is 22.9. The number of benzene rings is 2. The third-order valence-electron chi connectivity index (χ3n) is 5.81. The molecule has 0 bridgehead atoms. The van der Waals surface area contributed by atoms with Crippen LogP contribution in [0.4, 0.5) is 10.5 Å². The van der Waals surface area contributed by atoms with Crippen molar-refractivity contribution in [3.63, 3.8) is 0 Å². The number of hydrogen-bond acceptors (Lipinski definition) is 4. The van der Waals surface area contributed by atoms with Crippen LogP contribution in [-0.2, 0) is 6.42 Å². The van der Waals surface area contributed by atoms with Crippen LogP contribution in [0, 0.1) is 0 Å². The van der Waals surface area contributed by atoms with Gasteiger partial charge in [0.05, 0.1) is 13.2 Å². The molecule has 2 aromatic rings. The van der Waals surface area contributed by atoms with E-state index in [4.69, 9.17) is 9.47 Å². The molecule has 0 aromatic heterocycles. The highest BCUT2D eigenvalue weighted by molar-refractivity contribution is 5.74. The number of methoxy groups -OCH3 is 1. The van der Waals surface area contributed by atoms with Gasteiger partial charge in [0.25, 0.3) is 0 Å². The largest absolute Gasteiger partial charge is 0.497 e. The zero-order valence-electron chi connectivity index (χ0n) is 19.8. The van der Waals surface area contributed by atoms with Gasteiger partial charge in [-0.1, -0.05) is 12.1 Å². The number of nitrogens with zero attached hydrogens (tertiary/aromatic N) is 1. The van der Waals surface area contributed by atoms with Crippen molar-refractivity contribution < 1.29 is 14.3 Å². The van der Waals surface area contributed by atoms with Gasteiger partial charge in [-0.05, 0) is 88.4 Å². The Morgan fingerprint density at radius 1 is 1.00 bits per heavy atom. The lowest BCUT2D eigenvalue weighted by Crippen LogP contribution is -2.49. The summed E-state index contributed by atoms with van der Waals surface area (Å²) in [6.45, 7) is 7.97. The summed E-state index contributed by atoms with van der Waals surface area (Å²) in [5, 5.41) is 6.24. The Morgan fingerprint density at radius 2 is 1.62 bits per heavy atom. The van der Waals surface area contributed by atoms with E-state index >= 15 is 0 Å². The SMILES string of the molecule is COc1ccc(N2CCC(NC(=O)NC(C)CCc3ccc(OC(C)C)cc3)CC2)cc1. The summed E-state index contributed by atoms with van der Waals surface area (Å²) in [6, 6.07) is 16.6. The smallest absolute Gasteiger partial charge is 0.315 e. The average Bonchev–Trinajstić information content (AvgIpc) is 2.79. The number of anilines is 1. The second-order valence-electron chi connectivity index (χ2n) is 8.83. The van der Waals surface area contributed by atoms with E-state index in [2.05, 4.69) is 46.7 Å². The van der Waals surface area contributed by atoms with E-state index in [1.54, 1.807) is 7.11 Å². The molecule has 1 heterocycles. The predicted molar refractivity (Wildman–Crippen MR) is 130 cm³/mol. The number of carbonyl (C=O) groups excluding carboxylic acids is 1. The van der Waals surface area contributed by atoms with E-state index in [0.717, 1.165) is 50.3 Å². The maximum absolute atomic E-state index is 12.4. The van der Waals surface area contributed by atoms with Gasteiger partial charge in [-0.15, -0.1) is 0 Å². The Bertz CT molecular complexity index is 828. The van der Waals surface area contributed by atoms with Crippen molar-refractivity contribution in [1.82, 2.24) is 10.6 Å². The molecule has 3 rings (SSSR count). The molecule has 1 aliphatic rings. The molecule has 1 aliphatic heterocycles. The first-order chi connectivity index (χ1) is 15.4. The minimum Gasteiger partial charge on any atom is -0.497 e. The highest BCUT2D eigenvalue weighted by Gasteiger charge is 2.21. The number of carbonyl (C=O) groups is 1. The van der Waals surface area contributed by atoms with E-state index in [0.29, 0.717) is 0 Å². The van der Waals surface area contributed by atoms with Gasteiger partial charge in [-0.3, -0.25) is 0 Å². The van der Waals surface area contributed by atoms with Gasteiger partial charge < -0.3 is 25.0 Å². The highest BCUT2D eigenvalue weighted by atomic mass is 16.5. The second kappa shape index (κ2) is 11.7. The van der Waals surface area contributed by atoms with Crippen LogP contribution in [-0.4, -0.2) is 44.4 Å². The van der Waals surface area contributed by atoms with Crippen LogP contribution in [0.3, 0.4) is 0 Å². The molecule has 2 amide bonds. The molecule has 1 unspecified atom stereocenters. The fraction of sp³-hybridized carbons (Fsp3) is 0.500. The molecule has 2 aromatic carbocycles. The van der Waals surface area contributed by atoms with Crippen molar-refractivity contribution in [2.24, 2.45) is 0 Å². The van der Waals surface area contributed by atoms with E-state index < -0.39 is 0 Å². The molecular weight excluding hydrogens is 402 g/mol. The molecule has 0 aliphatic carbocycles. The maximum Gasteiger partial charge on any atom is 0.315 e. The number of piperidine rings is 1. The van der Waals surface area contributed by atoms with Crippen LogP contribution >= 0.6 is 0 Å². The zero-order valence-corrected chi connectivity index (χ0v) is 19.8. The molecule has 1 fully saturated rings. The molecule has 0 spiro atoms. The van der Waals surface area contributed by atoms with Crippen molar-refractivity contribution >= 4 is 11.7 Å². The summed E-state index contributed by atoms with van der Waals surface area (Å²) in [5.74, 6) is 1.76. The van der Waals surface area contributed by atoms with Gasteiger partial charge in [0.2, 0.25) is 0 Å². The van der Waals surface area contributed by atoms with E-state index in [1.807, 2.05) is 38.1 Å². The summed E-state index contributed by atoms with van der Waals surface area (Å²) in [5.41, 5.74) is 2.45. The van der Waals surface area contributed by atoms with Gasteiger partial charge in [0.15, 0.2) is 0 Å². The Balaban J connectivity index is 1.35. The Kier molecular flexibility index (Phi) is 8.65. The summed E-state index contributed by atoms with van der Waals surface area (Å²) in [4.78, 5) is 14.8. The number of rotatable bonds is 9. The molecule has 6 heteroatoms.